The summed E-state index contributed by atoms with van der Waals surface area (Å²) in [5.74, 6) is 0. The van der Waals surface area contributed by atoms with Crippen molar-refractivity contribution in [1.82, 2.24) is 0 Å². The Kier molecular flexibility index (Phi) is 254. The van der Waals surface area contributed by atoms with Crippen LogP contribution >= 0.6 is 13.5 Å². The molecule has 0 N–H and O–H groups in total. The van der Waals surface area contributed by atoms with Crippen LogP contribution in [0.15, 0.2) is 0 Å². The minimum atomic E-state index is 0. The molecule has 5 heavy (non-hydrogen) atoms. The Morgan fingerprint density at radius 3 is 1.00 bits per heavy atom. The van der Waals surface area contributed by atoms with E-state index >= 15 is 0 Å². The quantitative estimate of drug-likeness (QED) is 0.502. The van der Waals surface area contributed by atoms with Gasteiger partial charge < -0.3 is 0 Å². The van der Waals surface area contributed by atoms with E-state index in [2.05, 4.69) is 0 Å². The summed E-state index contributed by atoms with van der Waals surface area (Å²) in [5, 5.41) is 0. The van der Waals surface area contributed by atoms with Crippen molar-refractivity contribution in [2.45, 2.75) is 0 Å². The third-order valence-electron chi connectivity index (χ3n) is 0. The molecule has 0 spiro atoms. The van der Waals surface area contributed by atoms with Crippen molar-refractivity contribution in [2.24, 2.45) is 0 Å². The number of hydrogen-bond acceptors (Lipinski definition) is 0. The predicted molar refractivity (Wildman–Crippen MR) is 27.6 cm³/mol. The van der Waals surface area contributed by atoms with Gasteiger partial charge >= 0.3 is 0 Å². The zero-order chi connectivity index (χ0) is 0. The van der Waals surface area contributed by atoms with Crippen LogP contribution in [0, 0.1) is 0 Å². The van der Waals surface area contributed by atoms with Gasteiger partial charge in [0.2, 0.25) is 0 Å². The van der Waals surface area contributed by atoms with E-state index in [1.807, 2.05) is 0 Å². The molecule has 0 saturated carbocycles. The van der Waals surface area contributed by atoms with Gasteiger partial charge in [-0.2, -0.15) is 13.5 Å². The topological polar surface area (TPSA) is 0 Å². The van der Waals surface area contributed by atoms with Crippen LogP contribution in [0.4, 0.5) is 0 Å². The Labute approximate surface area is 92.1 Å². The van der Waals surface area contributed by atoms with Crippen LogP contribution < -0.4 is 0 Å². The van der Waals surface area contributed by atoms with E-state index < -0.39 is 0 Å². The van der Waals surface area contributed by atoms with Crippen molar-refractivity contribution in [3.05, 3.63) is 0 Å². The first-order valence-electron chi connectivity index (χ1n) is 0. The summed E-state index contributed by atoms with van der Waals surface area (Å²) in [6.07, 6.45) is 0. The Bertz CT molecular complexity index is 11.6. The molecule has 0 atom stereocenters. The monoisotopic (exact) mass is 308 g/mol. The summed E-state index contributed by atoms with van der Waals surface area (Å²) in [6.45, 7) is 0. The van der Waals surface area contributed by atoms with E-state index in [9.17, 15) is 0 Å². The molecule has 0 aliphatic heterocycles. The molecule has 0 aromatic carbocycles. The van der Waals surface area contributed by atoms with Gasteiger partial charge in [-0.25, -0.2) is 0 Å². The summed E-state index contributed by atoms with van der Waals surface area (Å²) in [4.78, 5) is 0. The fourth-order valence-electron chi connectivity index (χ4n) is 0. The van der Waals surface area contributed by atoms with Crippen LogP contribution in [0.1, 0.15) is 0 Å². The van der Waals surface area contributed by atoms with Gasteiger partial charge in [0.05, 0.1) is 0 Å². The van der Waals surface area contributed by atoms with Crippen molar-refractivity contribution in [1.29, 1.82) is 0 Å². The van der Waals surface area contributed by atoms with Gasteiger partial charge in [0.25, 0.3) is 0 Å². The summed E-state index contributed by atoms with van der Waals surface area (Å²) in [7, 11) is 0. The van der Waals surface area contributed by atoms with Crippen molar-refractivity contribution < 1.29 is 17.1 Å². The van der Waals surface area contributed by atoms with Gasteiger partial charge in [-0.05, 0) is 0 Å². The molecule has 0 aliphatic rings. The van der Waals surface area contributed by atoms with E-state index in [1.165, 1.54) is 0 Å². The van der Waals surface area contributed by atoms with Crippen molar-refractivity contribution in [2.75, 3.05) is 0 Å². The Morgan fingerprint density at radius 1 is 1.00 bits per heavy atom. The van der Waals surface area contributed by atoms with Crippen molar-refractivity contribution >= 4 is 76.5 Å². The average Bonchev–Trinajstić information content (AvgIpc) is 0. The smallest absolute Gasteiger partial charge is 0 e. The molecule has 5 heteroatoms. The summed E-state index contributed by atoms with van der Waals surface area (Å²) in [5.41, 5.74) is 0. The fraction of sp³-hybridized carbons (Fsp3) is 0. The average molecular weight is 309 g/mol. The first kappa shape index (κ1) is 44.6. The van der Waals surface area contributed by atoms with E-state index in [-0.39, 0.29) is 93.6 Å². The molecule has 10 radical (unpaired) electrons. The maximum Gasteiger partial charge on any atom is 0 e. The normalized spacial score (nSPS) is 0. The largest absolute Gasteiger partial charge is 0.197 e. The molecule has 0 rings (SSSR count). The SMILES string of the molecule is S.[Al].[Cu].[Ga].[In]. The Morgan fingerprint density at radius 2 is 1.00 bits per heavy atom. The van der Waals surface area contributed by atoms with E-state index in [1.54, 1.807) is 0 Å². The van der Waals surface area contributed by atoms with Gasteiger partial charge in [-0.15, -0.1) is 0 Å². The summed E-state index contributed by atoms with van der Waals surface area (Å²) >= 11 is 0. The molecule has 0 aromatic heterocycles. The minimum absolute atomic E-state index is 0. The molecule has 0 nitrogen and oxygen atoms in total. The van der Waals surface area contributed by atoms with Gasteiger partial charge in [0.1, 0.15) is 0 Å². The molecule has 0 aliphatic carbocycles. The Hall–Kier alpha value is 2.91. The zero-order valence-corrected chi connectivity index (χ0v) is 11.3. The van der Waals surface area contributed by atoms with Crippen LogP contribution in [-0.2, 0) is 17.1 Å². The molecule has 0 saturated heterocycles. The number of hydrogen-bond donors (Lipinski definition) is 0. The molecule has 0 bridgehead atoms. The maximum absolute atomic E-state index is 0. The summed E-state index contributed by atoms with van der Waals surface area (Å²) < 4.78 is 0. The van der Waals surface area contributed by atoms with Gasteiger partial charge in [-0.3, -0.25) is 0 Å². The van der Waals surface area contributed by atoms with Gasteiger partial charge in [0.15, 0.2) is 0 Å². The molecule has 0 amide bonds. The second-order valence-electron chi connectivity index (χ2n) is 0. The van der Waals surface area contributed by atoms with Crippen LogP contribution in [-0.4, -0.2) is 63.0 Å². The van der Waals surface area contributed by atoms with E-state index in [0.29, 0.717) is 0 Å². The van der Waals surface area contributed by atoms with Crippen LogP contribution in [0.5, 0.6) is 0 Å². The maximum atomic E-state index is 0. The van der Waals surface area contributed by atoms with E-state index in [0.717, 1.165) is 0 Å². The predicted octanol–water partition coefficient (Wildman–Crippen LogP) is -1.03. The van der Waals surface area contributed by atoms with Crippen LogP contribution in [0.25, 0.3) is 0 Å². The molecule has 0 aromatic rings. The van der Waals surface area contributed by atoms with Gasteiger partial charge in [0, 0.05) is 80.1 Å². The Balaban J connectivity index is 0. The number of rotatable bonds is 0. The molecule has 0 heterocycles. The third kappa shape index (κ3) is 19.7. The first-order chi connectivity index (χ1) is 0. The second-order valence-corrected chi connectivity index (χ2v) is 0. The molecule has 28 valence electrons. The van der Waals surface area contributed by atoms with Crippen LogP contribution in [0.3, 0.4) is 0 Å². The molecular formula is H2AlCuGaInS. The first-order valence-corrected chi connectivity index (χ1v) is 0. The second kappa shape index (κ2) is 28.5. The molecular weight excluding hydrogens is 307 g/mol. The van der Waals surface area contributed by atoms with Gasteiger partial charge in [-0.1, -0.05) is 0 Å². The van der Waals surface area contributed by atoms with Crippen molar-refractivity contribution in [3.8, 4) is 0 Å². The fourth-order valence-corrected chi connectivity index (χ4v) is 0. The molecule has 0 unspecified atom stereocenters. The zero-order valence-electron chi connectivity index (χ0n) is 2.53. The third-order valence-corrected chi connectivity index (χ3v) is 0. The molecule has 0 fully saturated rings. The minimum Gasteiger partial charge on any atom is -0.197 e. The standard InChI is InChI=1S/Al.Cu.Ga.In.H2S/h;;;;1H2. The van der Waals surface area contributed by atoms with Crippen molar-refractivity contribution in [3.63, 3.8) is 0 Å². The van der Waals surface area contributed by atoms with E-state index in [4.69, 9.17) is 0 Å². The van der Waals surface area contributed by atoms with Crippen LogP contribution in [0.2, 0.25) is 0 Å². The summed E-state index contributed by atoms with van der Waals surface area (Å²) in [6, 6.07) is 0.